The molecular formula is C39H69NO9S. The summed E-state index contributed by atoms with van der Waals surface area (Å²) < 4.78 is 41.2. The van der Waals surface area contributed by atoms with Crippen LogP contribution >= 0.6 is 0 Å². The lowest BCUT2D eigenvalue weighted by atomic mass is 9.93. The van der Waals surface area contributed by atoms with E-state index >= 15 is 0 Å². The van der Waals surface area contributed by atoms with Crippen molar-refractivity contribution in [3.63, 3.8) is 0 Å². The number of esters is 2. The van der Waals surface area contributed by atoms with E-state index in [1.807, 2.05) is 0 Å². The molecule has 10 nitrogen and oxygen atoms in total. The van der Waals surface area contributed by atoms with E-state index in [2.05, 4.69) is 36.2 Å². The number of amides is 1. The molecule has 0 bridgehead atoms. The van der Waals surface area contributed by atoms with Crippen molar-refractivity contribution in [2.45, 2.75) is 193 Å². The molecule has 0 heterocycles. The van der Waals surface area contributed by atoms with Crippen molar-refractivity contribution < 1.29 is 41.9 Å². The molecule has 0 aliphatic rings. The highest BCUT2D eigenvalue weighted by molar-refractivity contribution is 7.85. The molecule has 0 spiro atoms. The Morgan fingerprint density at radius 2 is 1.40 bits per heavy atom. The van der Waals surface area contributed by atoms with Gasteiger partial charge in [0, 0.05) is 32.7 Å². The van der Waals surface area contributed by atoms with Crippen LogP contribution in [-0.2, 0) is 34.0 Å². The topological polar surface area (TPSA) is 156 Å². The van der Waals surface area contributed by atoms with E-state index in [9.17, 15) is 27.9 Å². The van der Waals surface area contributed by atoms with E-state index in [4.69, 9.17) is 14.0 Å². The number of nitrogens with one attached hydrogen (secondary N) is 1. The number of hydrogen-bond acceptors (Lipinski definition) is 8. The number of carbonyl (C=O) groups excluding carboxylic acids is 3. The number of carbonyl (C=O) groups is 3. The smallest absolute Gasteiger partial charge is 0.307 e. The summed E-state index contributed by atoms with van der Waals surface area (Å²) in [5.41, 5.74) is -1.37. The molecule has 0 aromatic rings. The van der Waals surface area contributed by atoms with Gasteiger partial charge in [0.05, 0.1) is 24.2 Å². The monoisotopic (exact) mass is 727 g/mol. The molecule has 0 aromatic heterocycles. The molecule has 50 heavy (non-hydrogen) atoms. The quantitative estimate of drug-likeness (QED) is 0.0211. The van der Waals surface area contributed by atoms with E-state index in [-0.39, 0.29) is 31.8 Å². The van der Waals surface area contributed by atoms with Gasteiger partial charge in [-0.15, -0.1) is 11.8 Å². The highest BCUT2D eigenvalue weighted by Crippen LogP contribution is 2.21. The van der Waals surface area contributed by atoms with Gasteiger partial charge in [-0.05, 0) is 52.4 Å². The highest BCUT2D eigenvalue weighted by atomic mass is 32.2. The van der Waals surface area contributed by atoms with Gasteiger partial charge in [-0.2, -0.15) is 8.42 Å². The number of rotatable bonds is 31. The van der Waals surface area contributed by atoms with E-state index < -0.39 is 45.6 Å². The zero-order valence-corrected chi connectivity index (χ0v) is 32.5. The molecule has 0 radical (unpaired) electrons. The molecule has 0 aliphatic heterocycles. The maximum absolute atomic E-state index is 12.3. The molecule has 0 aromatic carbocycles. The van der Waals surface area contributed by atoms with E-state index in [1.165, 1.54) is 97.3 Å². The fraction of sp³-hybridized carbons (Fsp3) is 0.821. The van der Waals surface area contributed by atoms with Gasteiger partial charge in [-0.1, -0.05) is 96.1 Å². The van der Waals surface area contributed by atoms with Crippen LogP contribution in [0.25, 0.3) is 0 Å². The first-order valence-corrected chi connectivity index (χ1v) is 20.8. The molecule has 0 unspecified atom stereocenters. The molecule has 3 atom stereocenters. The summed E-state index contributed by atoms with van der Waals surface area (Å²) in [5, 5.41) is 12.9. The molecule has 0 aliphatic carbocycles. The van der Waals surface area contributed by atoms with Crippen molar-refractivity contribution in [3.05, 3.63) is 12.2 Å². The lowest BCUT2D eigenvalue weighted by Gasteiger charge is -2.25. The standard InChI is InChI=1S/C39H69NO9S/c1-5-6-7-8-9-10-11-12-13-14-15-16-17-18-19-20-21-22-23-24-25-28-38(43)48-34(2)32-36(49-35(3)41)27-26-29-39(4,44)33-37(42)40-30-31-50(45,46)47/h19-20,34,36,44H,5-18,21-22,25-33H2,1-4H3,(H,40,42)(H,45,46,47)/b20-19-/t34-,36+,39-/m1/s1. The van der Waals surface area contributed by atoms with Crippen LogP contribution in [0.2, 0.25) is 0 Å². The van der Waals surface area contributed by atoms with Gasteiger partial charge < -0.3 is 19.9 Å². The molecule has 290 valence electrons. The zero-order valence-electron chi connectivity index (χ0n) is 31.6. The van der Waals surface area contributed by atoms with Crippen molar-refractivity contribution in [2.75, 3.05) is 12.3 Å². The summed E-state index contributed by atoms with van der Waals surface area (Å²) in [5.74, 6) is 4.16. The summed E-state index contributed by atoms with van der Waals surface area (Å²) in [6, 6.07) is 0. The maximum Gasteiger partial charge on any atom is 0.307 e. The number of aliphatic hydroxyl groups is 1. The third-order valence-corrected chi connectivity index (χ3v) is 9.10. The average Bonchev–Trinajstić information content (AvgIpc) is 3.00. The van der Waals surface area contributed by atoms with E-state index in [0.717, 1.165) is 19.3 Å². The largest absolute Gasteiger partial charge is 0.462 e. The Morgan fingerprint density at radius 1 is 0.840 bits per heavy atom. The maximum atomic E-state index is 12.3. The molecule has 0 saturated heterocycles. The molecular weight excluding hydrogens is 658 g/mol. The predicted molar refractivity (Wildman–Crippen MR) is 200 cm³/mol. The molecule has 1 amide bonds. The molecule has 11 heteroatoms. The summed E-state index contributed by atoms with van der Waals surface area (Å²) in [7, 11) is -4.19. The third kappa shape index (κ3) is 34.0. The van der Waals surface area contributed by atoms with Crippen molar-refractivity contribution >= 4 is 28.0 Å². The second-order valence-electron chi connectivity index (χ2n) is 13.9. The zero-order chi connectivity index (χ0) is 37.5. The number of allylic oxidation sites excluding steroid dienone is 2. The van der Waals surface area contributed by atoms with Gasteiger partial charge in [0.1, 0.15) is 12.2 Å². The minimum Gasteiger partial charge on any atom is -0.462 e. The fourth-order valence-electron chi connectivity index (χ4n) is 5.70. The predicted octanol–water partition coefficient (Wildman–Crippen LogP) is 8.16. The number of unbranched alkanes of at least 4 members (excludes halogenated alkanes) is 14. The van der Waals surface area contributed by atoms with Crippen LogP contribution in [-0.4, -0.2) is 66.0 Å². The lowest BCUT2D eigenvalue weighted by molar-refractivity contribution is -0.153. The van der Waals surface area contributed by atoms with Crippen LogP contribution in [0.1, 0.15) is 175 Å². The van der Waals surface area contributed by atoms with Crippen LogP contribution in [0.15, 0.2) is 12.2 Å². The van der Waals surface area contributed by atoms with Crippen LogP contribution in [0, 0.1) is 11.8 Å². The number of hydrogen-bond donors (Lipinski definition) is 3. The van der Waals surface area contributed by atoms with E-state index in [1.54, 1.807) is 6.92 Å². The second-order valence-corrected chi connectivity index (χ2v) is 15.4. The summed E-state index contributed by atoms with van der Waals surface area (Å²) >= 11 is 0. The Bertz CT molecular complexity index is 1110. The van der Waals surface area contributed by atoms with Crippen LogP contribution in [0.4, 0.5) is 0 Å². The minimum atomic E-state index is -4.19. The normalized spacial score (nSPS) is 14.0. The van der Waals surface area contributed by atoms with Crippen LogP contribution < -0.4 is 5.32 Å². The summed E-state index contributed by atoms with van der Waals surface area (Å²) in [6.07, 6.45) is 25.6. The summed E-state index contributed by atoms with van der Waals surface area (Å²) in [4.78, 5) is 36.0. The van der Waals surface area contributed by atoms with Gasteiger partial charge >= 0.3 is 11.9 Å². The van der Waals surface area contributed by atoms with Crippen LogP contribution in [0.5, 0.6) is 0 Å². The molecule has 0 rings (SSSR count). The Kier molecular flexibility index (Phi) is 28.8. The van der Waals surface area contributed by atoms with Crippen molar-refractivity contribution in [3.8, 4) is 11.8 Å². The van der Waals surface area contributed by atoms with Crippen molar-refractivity contribution in [1.29, 1.82) is 0 Å². The molecule has 0 saturated carbocycles. The Hall–Kier alpha value is -2.42. The van der Waals surface area contributed by atoms with Gasteiger partial charge in [0.25, 0.3) is 10.1 Å². The van der Waals surface area contributed by atoms with Gasteiger partial charge in [0.15, 0.2) is 0 Å². The second kappa shape index (κ2) is 30.2. The van der Waals surface area contributed by atoms with Crippen LogP contribution in [0.3, 0.4) is 0 Å². The number of ether oxygens (including phenoxy) is 2. The lowest BCUT2D eigenvalue weighted by Crippen LogP contribution is -2.36. The molecule has 3 N–H and O–H groups in total. The first-order valence-electron chi connectivity index (χ1n) is 19.2. The van der Waals surface area contributed by atoms with E-state index in [0.29, 0.717) is 25.7 Å². The SMILES string of the molecule is CCCCCCCCCCCCCCC/C=C\CCC#CCCC(=O)O[C@H](C)C[C@H](CCC[C@@](C)(O)CC(=O)NCCS(=O)(=O)O)OC(C)=O. The molecule has 0 fully saturated rings. The highest BCUT2D eigenvalue weighted by Gasteiger charge is 2.26. The Morgan fingerprint density at radius 3 is 1.98 bits per heavy atom. The van der Waals surface area contributed by atoms with Gasteiger partial charge in [0.2, 0.25) is 5.91 Å². The third-order valence-electron chi connectivity index (χ3n) is 8.38. The average molecular weight is 728 g/mol. The fourth-order valence-corrected chi connectivity index (χ4v) is 6.06. The summed E-state index contributed by atoms with van der Waals surface area (Å²) in [6.45, 7) is 6.52. The first kappa shape index (κ1) is 47.6. The minimum absolute atomic E-state index is 0.180. The Labute approximate surface area is 304 Å². The van der Waals surface area contributed by atoms with Crippen molar-refractivity contribution in [1.82, 2.24) is 5.32 Å². The van der Waals surface area contributed by atoms with Gasteiger partial charge in [-0.25, -0.2) is 0 Å². The Balaban J connectivity index is 4.07. The van der Waals surface area contributed by atoms with Crippen molar-refractivity contribution in [2.24, 2.45) is 0 Å². The first-order chi connectivity index (χ1) is 23.7. The van der Waals surface area contributed by atoms with Gasteiger partial charge in [-0.3, -0.25) is 18.9 Å².